The van der Waals surface area contributed by atoms with Crippen LogP contribution in [0.4, 0.5) is 4.39 Å². The summed E-state index contributed by atoms with van der Waals surface area (Å²) in [7, 11) is 0. The molecule has 2 atom stereocenters. The molecule has 2 N–H and O–H groups in total. The third kappa shape index (κ3) is 2.69. The topological polar surface area (TPSA) is 41.1 Å². The third-order valence-electron chi connectivity index (χ3n) is 5.18. The number of hydrogen-bond acceptors (Lipinski definition) is 2. The summed E-state index contributed by atoms with van der Waals surface area (Å²) in [5.74, 6) is 0.386. The zero-order chi connectivity index (χ0) is 14.9. The molecule has 1 amide bonds. The van der Waals surface area contributed by atoms with Crippen LogP contribution in [0.1, 0.15) is 36.8 Å². The van der Waals surface area contributed by atoms with Crippen molar-refractivity contribution in [2.24, 2.45) is 11.3 Å². The van der Waals surface area contributed by atoms with Crippen LogP contribution in [0, 0.1) is 24.1 Å². The normalized spacial score (nSPS) is 28.2. The maximum Gasteiger partial charge on any atom is 0.228 e. The van der Waals surface area contributed by atoms with E-state index in [-0.39, 0.29) is 17.1 Å². The van der Waals surface area contributed by atoms with Crippen molar-refractivity contribution in [2.75, 3.05) is 13.1 Å². The van der Waals surface area contributed by atoms with Crippen molar-refractivity contribution in [3.63, 3.8) is 0 Å². The van der Waals surface area contributed by atoms with Crippen LogP contribution < -0.4 is 10.6 Å². The Bertz CT molecular complexity index is 546. The number of benzene rings is 1. The van der Waals surface area contributed by atoms with E-state index in [2.05, 4.69) is 10.6 Å². The lowest BCUT2D eigenvalue weighted by molar-refractivity contribution is -0.134. The molecular weight excluding hydrogens is 267 g/mol. The first-order chi connectivity index (χ1) is 10.1. The van der Waals surface area contributed by atoms with Gasteiger partial charge in [0.2, 0.25) is 5.91 Å². The molecule has 1 aliphatic heterocycles. The molecule has 21 heavy (non-hydrogen) atoms. The van der Waals surface area contributed by atoms with Crippen LogP contribution in [0.3, 0.4) is 0 Å². The molecule has 1 heterocycles. The number of carbonyl (C=O) groups excluding carboxylic acids is 1. The highest BCUT2D eigenvalue weighted by atomic mass is 19.1. The molecule has 0 aromatic heterocycles. The molecule has 2 fully saturated rings. The predicted octanol–water partition coefficient (Wildman–Crippen LogP) is 2.53. The Labute approximate surface area is 125 Å². The molecule has 0 radical (unpaired) electrons. The standard InChI is InChI=1S/C17H23FN2O/c1-12-5-6-13(8-15(12)18)9-20-16(21)17-7-3-2-4-14(17)10-19-11-17/h5-6,8,14,19H,2-4,7,9-11H2,1H3,(H,20,21)/t14-,17+/m0/s1. The highest BCUT2D eigenvalue weighted by molar-refractivity contribution is 5.83. The second-order valence-electron chi connectivity index (χ2n) is 6.50. The average molecular weight is 290 g/mol. The van der Waals surface area contributed by atoms with Crippen LogP contribution in [0.25, 0.3) is 0 Å². The van der Waals surface area contributed by atoms with Crippen molar-refractivity contribution >= 4 is 5.91 Å². The zero-order valence-electron chi connectivity index (χ0n) is 12.5. The van der Waals surface area contributed by atoms with Crippen molar-refractivity contribution in [3.05, 3.63) is 35.1 Å². The lowest BCUT2D eigenvalue weighted by Crippen LogP contribution is -2.47. The van der Waals surface area contributed by atoms with E-state index in [9.17, 15) is 9.18 Å². The fourth-order valence-corrected chi connectivity index (χ4v) is 3.80. The van der Waals surface area contributed by atoms with Gasteiger partial charge < -0.3 is 10.6 Å². The van der Waals surface area contributed by atoms with E-state index < -0.39 is 0 Å². The van der Waals surface area contributed by atoms with E-state index in [0.717, 1.165) is 37.9 Å². The zero-order valence-corrected chi connectivity index (χ0v) is 12.5. The van der Waals surface area contributed by atoms with Crippen LogP contribution in [0.15, 0.2) is 18.2 Å². The second kappa shape index (κ2) is 5.76. The number of nitrogens with one attached hydrogen (secondary N) is 2. The highest BCUT2D eigenvalue weighted by Gasteiger charge is 2.49. The lowest BCUT2D eigenvalue weighted by Gasteiger charge is -2.37. The van der Waals surface area contributed by atoms with Gasteiger partial charge in [-0.3, -0.25) is 4.79 Å². The molecule has 4 heteroatoms. The number of amides is 1. The average Bonchev–Trinajstić information content (AvgIpc) is 2.93. The molecule has 0 spiro atoms. The van der Waals surface area contributed by atoms with Gasteiger partial charge in [0.25, 0.3) is 0 Å². The van der Waals surface area contributed by atoms with Gasteiger partial charge in [-0.2, -0.15) is 0 Å². The molecular formula is C17H23FN2O. The number of aryl methyl sites for hydroxylation is 1. The first-order valence-electron chi connectivity index (χ1n) is 7.86. The fraction of sp³-hybridized carbons (Fsp3) is 0.588. The summed E-state index contributed by atoms with van der Waals surface area (Å²) in [6, 6.07) is 5.15. The Morgan fingerprint density at radius 3 is 3.14 bits per heavy atom. The number of halogens is 1. The van der Waals surface area contributed by atoms with Crippen LogP contribution in [-0.2, 0) is 11.3 Å². The van der Waals surface area contributed by atoms with Gasteiger partial charge >= 0.3 is 0 Å². The number of rotatable bonds is 3. The number of carbonyl (C=O) groups is 1. The van der Waals surface area contributed by atoms with Crippen LogP contribution >= 0.6 is 0 Å². The quantitative estimate of drug-likeness (QED) is 0.898. The maximum atomic E-state index is 13.5. The van der Waals surface area contributed by atoms with Crippen LogP contribution in [-0.4, -0.2) is 19.0 Å². The SMILES string of the molecule is Cc1ccc(CNC(=O)[C@@]23CCCC[C@H]2CNC3)cc1F. The minimum absolute atomic E-state index is 0.137. The van der Waals surface area contributed by atoms with Crippen LogP contribution in [0.2, 0.25) is 0 Å². The molecule has 1 aromatic rings. The van der Waals surface area contributed by atoms with Gasteiger partial charge in [-0.25, -0.2) is 4.39 Å². The summed E-state index contributed by atoms with van der Waals surface area (Å²) in [6.07, 6.45) is 4.47. The molecule has 3 rings (SSSR count). The molecule has 0 bridgehead atoms. The molecule has 3 nitrogen and oxygen atoms in total. The first-order valence-corrected chi connectivity index (χ1v) is 7.86. The van der Waals surface area contributed by atoms with Crippen molar-refractivity contribution in [2.45, 2.75) is 39.2 Å². The third-order valence-corrected chi connectivity index (χ3v) is 5.18. The van der Waals surface area contributed by atoms with Gasteiger partial charge in [-0.1, -0.05) is 25.0 Å². The maximum absolute atomic E-state index is 13.5. The summed E-state index contributed by atoms with van der Waals surface area (Å²) in [5.41, 5.74) is 1.22. The van der Waals surface area contributed by atoms with Gasteiger partial charge in [-0.05, 0) is 49.4 Å². The minimum atomic E-state index is -0.235. The Kier molecular flexibility index (Phi) is 3.98. The van der Waals surface area contributed by atoms with Crippen molar-refractivity contribution < 1.29 is 9.18 Å². The molecule has 114 valence electrons. The van der Waals surface area contributed by atoms with E-state index in [1.54, 1.807) is 13.0 Å². The van der Waals surface area contributed by atoms with E-state index in [1.165, 1.54) is 12.5 Å². The van der Waals surface area contributed by atoms with Gasteiger partial charge in [0.1, 0.15) is 5.82 Å². The Hall–Kier alpha value is -1.42. The van der Waals surface area contributed by atoms with Gasteiger partial charge in [0.15, 0.2) is 0 Å². The van der Waals surface area contributed by atoms with Crippen molar-refractivity contribution in [1.29, 1.82) is 0 Å². The molecule has 2 aliphatic rings. The molecule has 1 aromatic carbocycles. The van der Waals surface area contributed by atoms with Crippen molar-refractivity contribution in [1.82, 2.24) is 10.6 Å². The Balaban J connectivity index is 1.67. The van der Waals surface area contributed by atoms with Gasteiger partial charge in [0, 0.05) is 13.1 Å². The number of fused-ring (bicyclic) bond motifs is 1. The smallest absolute Gasteiger partial charge is 0.228 e. The molecule has 1 saturated heterocycles. The van der Waals surface area contributed by atoms with E-state index in [4.69, 9.17) is 0 Å². The van der Waals surface area contributed by atoms with Gasteiger partial charge in [-0.15, -0.1) is 0 Å². The van der Waals surface area contributed by atoms with E-state index in [0.29, 0.717) is 18.0 Å². The largest absolute Gasteiger partial charge is 0.351 e. The highest BCUT2D eigenvalue weighted by Crippen LogP contribution is 2.43. The van der Waals surface area contributed by atoms with E-state index in [1.807, 2.05) is 6.07 Å². The molecule has 0 unspecified atom stereocenters. The Morgan fingerprint density at radius 1 is 1.48 bits per heavy atom. The predicted molar refractivity (Wildman–Crippen MR) is 80.2 cm³/mol. The monoisotopic (exact) mass is 290 g/mol. The van der Waals surface area contributed by atoms with Crippen LogP contribution in [0.5, 0.6) is 0 Å². The summed E-state index contributed by atoms with van der Waals surface area (Å²) in [6.45, 7) is 3.89. The Morgan fingerprint density at radius 2 is 2.33 bits per heavy atom. The summed E-state index contributed by atoms with van der Waals surface area (Å²) in [5, 5.41) is 6.41. The van der Waals surface area contributed by atoms with Gasteiger partial charge in [0.05, 0.1) is 5.41 Å². The van der Waals surface area contributed by atoms with Crippen molar-refractivity contribution in [3.8, 4) is 0 Å². The summed E-state index contributed by atoms with van der Waals surface area (Å²) in [4.78, 5) is 12.7. The second-order valence-corrected chi connectivity index (χ2v) is 6.50. The van der Waals surface area contributed by atoms with E-state index >= 15 is 0 Å². The molecule has 1 aliphatic carbocycles. The summed E-state index contributed by atoms with van der Waals surface area (Å²) < 4.78 is 13.5. The summed E-state index contributed by atoms with van der Waals surface area (Å²) >= 11 is 0. The molecule has 1 saturated carbocycles. The minimum Gasteiger partial charge on any atom is -0.351 e. The fourth-order valence-electron chi connectivity index (χ4n) is 3.80. The first kappa shape index (κ1) is 14.5. The number of hydrogen-bond donors (Lipinski definition) is 2. The lowest BCUT2D eigenvalue weighted by atomic mass is 9.67.